The van der Waals surface area contributed by atoms with Crippen molar-refractivity contribution in [2.24, 2.45) is 0 Å². The molecule has 0 spiro atoms. The highest BCUT2D eigenvalue weighted by Gasteiger charge is 2.12. The Balaban J connectivity index is 1.74. The number of ether oxygens (including phenoxy) is 1. The normalized spacial score (nSPS) is 12.0. The molecule has 2 N–H and O–H groups in total. The number of hydrogen-bond donors (Lipinski definition) is 2. The average molecular weight is 292 g/mol. The summed E-state index contributed by atoms with van der Waals surface area (Å²) in [6.45, 7) is 0.199. The largest absolute Gasteiger partial charge is 0.490 e. The third kappa shape index (κ3) is 3.20. The van der Waals surface area contributed by atoms with Gasteiger partial charge in [-0.3, -0.25) is 0 Å². The Morgan fingerprint density at radius 1 is 1.18 bits per heavy atom. The van der Waals surface area contributed by atoms with Crippen molar-refractivity contribution >= 4 is 13.3 Å². The number of rotatable bonds is 5. The van der Waals surface area contributed by atoms with E-state index in [1.807, 2.05) is 62.6 Å². The number of nitrogens with one attached hydrogen (secondary N) is 1. The molecule has 3 rings (SSSR count). The van der Waals surface area contributed by atoms with Gasteiger partial charge in [0.25, 0.3) is 0 Å². The summed E-state index contributed by atoms with van der Waals surface area (Å²) in [6, 6.07) is 15.5. The van der Waals surface area contributed by atoms with Crippen LogP contribution in [0, 0.1) is 0 Å². The van der Waals surface area contributed by atoms with Gasteiger partial charge >= 0.3 is 0 Å². The second-order valence-corrected chi connectivity index (χ2v) is 5.19. The standard InChI is InChI=1S/C17H17BN2O2/c18-13-5-3-4-12(8-13)16(21)10-22-17-7-2-1-6-14(17)15-9-19-11-20-15/h1-9,11,16,21H,10,18H2,(H,19,20). The molecule has 0 saturated heterocycles. The van der Waals surface area contributed by atoms with E-state index in [2.05, 4.69) is 9.97 Å². The van der Waals surface area contributed by atoms with Crippen molar-refractivity contribution in [3.05, 3.63) is 66.6 Å². The van der Waals surface area contributed by atoms with Gasteiger partial charge in [-0.15, -0.1) is 0 Å². The quantitative estimate of drug-likeness (QED) is 0.700. The second-order valence-electron chi connectivity index (χ2n) is 5.19. The van der Waals surface area contributed by atoms with E-state index in [0.29, 0.717) is 5.75 Å². The number of imidazole rings is 1. The highest BCUT2D eigenvalue weighted by molar-refractivity contribution is 6.32. The predicted octanol–water partition coefficient (Wildman–Crippen LogP) is 1.45. The van der Waals surface area contributed by atoms with Crippen LogP contribution in [0.15, 0.2) is 61.1 Å². The van der Waals surface area contributed by atoms with E-state index in [1.165, 1.54) is 0 Å². The van der Waals surface area contributed by atoms with Gasteiger partial charge in [0, 0.05) is 11.8 Å². The number of aromatic nitrogens is 2. The predicted molar refractivity (Wildman–Crippen MR) is 89.1 cm³/mol. The molecule has 5 heteroatoms. The van der Waals surface area contributed by atoms with E-state index in [-0.39, 0.29) is 6.61 Å². The smallest absolute Gasteiger partial charge is 0.139 e. The number of benzene rings is 2. The monoisotopic (exact) mass is 292 g/mol. The lowest BCUT2D eigenvalue weighted by Gasteiger charge is -2.15. The summed E-state index contributed by atoms with van der Waals surface area (Å²) >= 11 is 0. The van der Waals surface area contributed by atoms with Crippen LogP contribution in [0.3, 0.4) is 0 Å². The van der Waals surface area contributed by atoms with E-state index in [1.54, 1.807) is 6.33 Å². The number of aromatic amines is 1. The summed E-state index contributed by atoms with van der Waals surface area (Å²) < 4.78 is 5.81. The highest BCUT2D eigenvalue weighted by Crippen LogP contribution is 2.28. The fraction of sp³-hybridized carbons (Fsp3) is 0.118. The molecule has 0 radical (unpaired) electrons. The Morgan fingerprint density at radius 2 is 2.05 bits per heavy atom. The average Bonchev–Trinajstić information content (AvgIpc) is 3.07. The molecule has 0 saturated carbocycles. The maximum absolute atomic E-state index is 10.3. The molecule has 1 heterocycles. The van der Waals surface area contributed by atoms with Gasteiger partial charge in [0.05, 0.1) is 12.0 Å². The topological polar surface area (TPSA) is 58.1 Å². The van der Waals surface area contributed by atoms with Crippen molar-refractivity contribution in [1.29, 1.82) is 0 Å². The van der Waals surface area contributed by atoms with Gasteiger partial charge in [-0.05, 0) is 17.7 Å². The molecule has 0 bridgehead atoms. The molecular weight excluding hydrogens is 275 g/mol. The summed E-state index contributed by atoms with van der Waals surface area (Å²) in [7, 11) is 2.00. The number of H-pyrrole nitrogens is 1. The van der Waals surface area contributed by atoms with Crippen molar-refractivity contribution < 1.29 is 9.84 Å². The Hall–Kier alpha value is -2.53. The fourth-order valence-corrected chi connectivity index (χ4v) is 2.35. The Labute approximate surface area is 130 Å². The first-order chi connectivity index (χ1) is 10.7. The van der Waals surface area contributed by atoms with Crippen LogP contribution in [-0.4, -0.2) is 29.5 Å². The molecule has 1 aromatic heterocycles. The van der Waals surface area contributed by atoms with Gasteiger partial charge in [-0.1, -0.05) is 41.9 Å². The van der Waals surface area contributed by atoms with E-state index >= 15 is 0 Å². The van der Waals surface area contributed by atoms with Crippen LogP contribution < -0.4 is 10.2 Å². The van der Waals surface area contributed by atoms with Gasteiger partial charge in [0.2, 0.25) is 0 Å². The first kappa shape index (κ1) is 14.4. The van der Waals surface area contributed by atoms with Crippen molar-refractivity contribution in [3.8, 4) is 17.0 Å². The lowest BCUT2D eigenvalue weighted by atomic mass is 9.93. The Kier molecular flexibility index (Phi) is 4.25. The van der Waals surface area contributed by atoms with Gasteiger partial charge in [-0.25, -0.2) is 4.98 Å². The molecule has 22 heavy (non-hydrogen) atoms. The maximum Gasteiger partial charge on any atom is 0.139 e. The molecule has 0 aliphatic carbocycles. The van der Waals surface area contributed by atoms with Crippen LogP contribution in [0.5, 0.6) is 5.75 Å². The third-order valence-electron chi connectivity index (χ3n) is 3.48. The van der Waals surface area contributed by atoms with Crippen molar-refractivity contribution in [2.75, 3.05) is 6.61 Å². The zero-order valence-electron chi connectivity index (χ0n) is 12.4. The van der Waals surface area contributed by atoms with Gasteiger partial charge in [-0.2, -0.15) is 0 Å². The van der Waals surface area contributed by atoms with Crippen LogP contribution >= 0.6 is 0 Å². The summed E-state index contributed by atoms with van der Waals surface area (Å²) in [4.78, 5) is 7.18. The van der Waals surface area contributed by atoms with Crippen LogP contribution in [-0.2, 0) is 0 Å². The van der Waals surface area contributed by atoms with Gasteiger partial charge in [0.15, 0.2) is 0 Å². The lowest BCUT2D eigenvalue weighted by Crippen LogP contribution is -2.12. The summed E-state index contributed by atoms with van der Waals surface area (Å²) in [5, 5.41) is 10.3. The zero-order chi connectivity index (χ0) is 15.4. The van der Waals surface area contributed by atoms with E-state index in [9.17, 15) is 5.11 Å². The number of para-hydroxylation sites is 1. The highest BCUT2D eigenvalue weighted by atomic mass is 16.5. The van der Waals surface area contributed by atoms with Gasteiger partial charge in [0.1, 0.15) is 26.3 Å². The van der Waals surface area contributed by atoms with Crippen LogP contribution in [0.2, 0.25) is 0 Å². The van der Waals surface area contributed by atoms with Crippen molar-refractivity contribution in [2.45, 2.75) is 6.10 Å². The molecule has 2 aromatic carbocycles. The summed E-state index contributed by atoms with van der Waals surface area (Å²) in [5.74, 6) is 0.710. The van der Waals surface area contributed by atoms with E-state index in [0.717, 1.165) is 22.3 Å². The van der Waals surface area contributed by atoms with Crippen molar-refractivity contribution in [3.63, 3.8) is 0 Å². The number of hydrogen-bond acceptors (Lipinski definition) is 3. The molecule has 0 amide bonds. The molecule has 0 fully saturated rings. The second kappa shape index (κ2) is 6.49. The molecule has 0 aliphatic rings. The first-order valence-corrected chi connectivity index (χ1v) is 7.19. The minimum atomic E-state index is -0.660. The Bertz CT molecular complexity index is 744. The zero-order valence-corrected chi connectivity index (χ0v) is 12.4. The first-order valence-electron chi connectivity index (χ1n) is 7.19. The summed E-state index contributed by atoms with van der Waals surface area (Å²) in [5.41, 5.74) is 3.70. The Morgan fingerprint density at radius 3 is 2.82 bits per heavy atom. The summed E-state index contributed by atoms with van der Waals surface area (Å²) in [6.07, 6.45) is 2.79. The number of aliphatic hydroxyl groups excluding tert-OH is 1. The molecule has 1 unspecified atom stereocenters. The molecule has 1 atom stereocenters. The van der Waals surface area contributed by atoms with Crippen LogP contribution in [0.25, 0.3) is 11.3 Å². The van der Waals surface area contributed by atoms with E-state index < -0.39 is 6.10 Å². The fourth-order valence-electron chi connectivity index (χ4n) is 2.35. The molecule has 3 aromatic rings. The maximum atomic E-state index is 10.3. The number of nitrogens with zero attached hydrogens (tertiary/aromatic N) is 1. The molecule has 0 aliphatic heterocycles. The van der Waals surface area contributed by atoms with E-state index in [4.69, 9.17) is 4.74 Å². The van der Waals surface area contributed by atoms with Crippen molar-refractivity contribution in [1.82, 2.24) is 9.97 Å². The molecule has 110 valence electrons. The third-order valence-corrected chi connectivity index (χ3v) is 3.48. The van der Waals surface area contributed by atoms with Gasteiger partial charge < -0.3 is 14.8 Å². The number of aliphatic hydroxyl groups is 1. The molecule has 4 nitrogen and oxygen atoms in total. The minimum Gasteiger partial charge on any atom is -0.490 e. The molecular formula is C17H17BN2O2. The van der Waals surface area contributed by atoms with Crippen LogP contribution in [0.4, 0.5) is 0 Å². The minimum absolute atomic E-state index is 0.199. The lowest BCUT2D eigenvalue weighted by molar-refractivity contribution is 0.108. The van der Waals surface area contributed by atoms with Crippen LogP contribution in [0.1, 0.15) is 11.7 Å². The SMILES string of the molecule is Bc1cccc(C(O)COc2ccccc2-c2c[nH]cn2)c1.